The van der Waals surface area contributed by atoms with Crippen molar-refractivity contribution in [1.82, 2.24) is 10.4 Å². The van der Waals surface area contributed by atoms with Gasteiger partial charge in [-0.3, -0.25) is 5.43 Å². The van der Waals surface area contributed by atoms with Crippen molar-refractivity contribution in [3.63, 3.8) is 0 Å². The van der Waals surface area contributed by atoms with E-state index in [9.17, 15) is 0 Å². The second-order valence-corrected chi connectivity index (χ2v) is 4.11. The van der Waals surface area contributed by atoms with Gasteiger partial charge in [0.15, 0.2) is 0 Å². The third-order valence-electron chi connectivity index (χ3n) is 2.99. The Labute approximate surface area is 108 Å². The van der Waals surface area contributed by atoms with Crippen LogP contribution in [0.25, 0.3) is 0 Å². The molecule has 0 unspecified atom stereocenters. The number of morpholine rings is 1. The van der Waals surface area contributed by atoms with Crippen LogP contribution in [0.2, 0.25) is 0 Å². The molecule has 5 heteroatoms. The van der Waals surface area contributed by atoms with Crippen molar-refractivity contribution in [2.75, 3.05) is 40.5 Å². The van der Waals surface area contributed by atoms with Crippen molar-refractivity contribution in [3.8, 4) is 11.5 Å². The Bertz CT molecular complexity index is 378. The monoisotopic (exact) mass is 252 g/mol. The molecule has 0 aromatic heterocycles. The summed E-state index contributed by atoms with van der Waals surface area (Å²) in [5.74, 6) is 1.71. The van der Waals surface area contributed by atoms with E-state index in [-0.39, 0.29) is 0 Å². The van der Waals surface area contributed by atoms with Gasteiger partial charge in [-0.15, -0.1) is 0 Å². The van der Waals surface area contributed by atoms with E-state index in [1.807, 2.05) is 18.2 Å². The van der Waals surface area contributed by atoms with E-state index in [2.05, 4.69) is 10.4 Å². The summed E-state index contributed by atoms with van der Waals surface area (Å²) in [5, 5.41) is 2.17. The molecule has 18 heavy (non-hydrogen) atoms. The summed E-state index contributed by atoms with van der Waals surface area (Å²) >= 11 is 0. The molecule has 0 saturated carbocycles. The minimum absolute atomic E-state index is 0.723. The lowest BCUT2D eigenvalue weighted by atomic mass is 10.2. The fraction of sp³-hybridized carbons (Fsp3) is 0.538. The van der Waals surface area contributed by atoms with Crippen molar-refractivity contribution in [2.45, 2.75) is 6.54 Å². The van der Waals surface area contributed by atoms with E-state index >= 15 is 0 Å². The van der Waals surface area contributed by atoms with Crippen LogP contribution in [0.1, 0.15) is 5.56 Å². The zero-order valence-electron chi connectivity index (χ0n) is 10.9. The molecule has 1 aliphatic heterocycles. The van der Waals surface area contributed by atoms with Crippen LogP contribution in [0, 0.1) is 0 Å². The van der Waals surface area contributed by atoms with E-state index in [0.717, 1.165) is 49.9 Å². The van der Waals surface area contributed by atoms with Crippen LogP contribution in [0.4, 0.5) is 0 Å². The highest BCUT2D eigenvalue weighted by molar-refractivity contribution is 5.40. The van der Waals surface area contributed by atoms with Crippen molar-refractivity contribution >= 4 is 0 Å². The van der Waals surface area contributed by atoms with E-state index in [0.29, 0.717) is 0 Å². The molecule has 0 aliphatic carbocycles. The van der Waals surface area contributed by atoms with Crippen LogP contribution < -0.4 is 14.9 Å². The zero-order chi connectivity index (χ0) is 12.8. The molecule has 100 valence electrons. The molecule has 1 N–H and O–H groups in total. The number of nitrogens with one attached hydrogen (secondary N) is 1. The summed E-state index contributed by atoms with van der Waals surface area (Å²) in [6, 6.07) is 5.82. The first-order valence-corrected chi connectivity index (χ1v) is 6.10. The predicted molar refractivity (Wildman–Crippen MR) is 68.8 cm³/mol. The highest BCUT2D eigenvalue weighted by Crippen LogP contribution is 2.23. The highest BCUT2D eigenvalue weighted by atomic mass is 16.5. The molecular weight excluding hydrogens is 232 g/mol. The van der Waals surface area contributed by atoms with Gasteiger partial charge in [0, 0.05) is 25.2 Å². The lowest BCUT2D eigenvalue weighted by molar-refractivity contribution is 0.0104. The van der Waals surface area contributed by atoms with Crippen LogP contribution in [-0.4, -0.2) is 45.5 Å². The number of benzene rings is 1. The minimum atomic E-state index is 0.723. The lowest BCUT2D eigenvalue weighted by Gasteiger charge is -2.27. The highest BCUT2D eigenvalue weighted by Gasteiger charge is 2.11. The predicted octanol–water partition coefficient (Wildman–Crippen LogP) is 1.04. The normalized spacial score (nSPS) is 16.6. The summed E-state index contributed by atoms with van der Waals surface area (Å²) in [5.41, 5.74) is 4.47. The molecule has 0 bridgehead atoms. The van der Waals surface area contributed by atoms with Gasteiger partial charge in [-0.25, -0.2) is 5.01 Å². The van der Waals surface area contributed by atoms with Crippen LogP contribution in [0.5, 0.6) is 11.5 Å². The third-order valence-corrected chi connectivity index (χ3v) is 2.99. The Morgan fingerprint density at radius 1 is 1.22 bits per heavy atom. The average molecular weight is 252 g/mol. The third kappa shape index (κ3) is 3.35. The van der Waals surface area contributed by atoms with Crippen molar-refractivity contribution in [3.05, 3.63) is 23.8 Å². The van der Waals surface area contributed by atoms with Crippen molar-refractivity contribution in [2.24, 2.45) is 0 Å². The molecule has 0 spiro atoms. The number of hydrogen-bond acceptors (Lipinski definition) is 5. The van der Waals surface area contributed by atoms with Gasteiger partial charge in [0.1, 0.15) is 11.5 Å². The molecule has 1 fully saturated rings. The number of ether oxygens (including phenoxy) is 3. The van der Waals surface area contributed by atoms with E-state index < -0.39 is 0 Å². The van der Waals surface area contributed by atoms with E-state index in [1.54, 1.807) is 14.2 Å². The van der Waals surface area contributed by atoms with Gasteiger partial charge >= 0.3 is 0 Å². The van der Waals surface area contributed by atoms with Gasteiger partial charge in [-0.1, -0.05) is 0 Å². The SMILES string of the molecule is COc1ccc(OC)c(CNN2CCOCC2)c1. The Kier molecular flexibility index (Phi) is 4.81. The molecule has 1 saturated heterocycles. The quantitative estimate of drug-likeness (QED) is 0.848. The molecule has 1 aromatic carbocycles. The Balaban J connectivity index is 1.97. The molecule has 1 aromatic rings. The number of methoxy groups -OCH3 is 2. The summed E-state index contributed by atoms with van der Waals surface area (Å²) in [7, 11) is 3.35. The van der Waals surface area contributed by atoms with Crippen LogP contribution >= 0.6 is 0 Å². The molecule has 1 aliphatic rings. The van der Waals surface area contributed by atoms with Crippen LogP contribution in [-0.2, 0) is 11.3 Å². The first-order chi connectivity index (χ1) is 8.83. The minimum Gasteiger partial charge on any atom is -0.497 e. The van der Waals surface area contributed by atoms with Gasteiger partial charge in [0.25, 0.3) is 0 Å². The summed E-state index contributed by atoms with van der Waals surface area (Å²) < 4.78 is 15.9. The van der Waals surface area contributed by atoms with Crippen LogP contribution in [0.3, 0.4) is 0 Å². The maximum atomic E-state index is 5.35. The topological polar surface area (TPSA) is 43.0 Å². The van der Waals surface area contributed by atoms with Crippen LogP contribution in [0.15, 0.2) is 18.2 Å². The maximum absolute atomic E-state index is 5.35. The van der Waals surface area contributed by atoms with E-state index in [4.69, 9.17) is 14.2 Å². The number of rotatable bonds is 5. The molecular formula is C13H20N2O3. The smallest absolute Gasteiger partial charge is 0.123 e. The van der Waals surface area contributed by atoms with Crippen molar-refractivity contribution < 1.29 is 14.2 Å². The number of nitrogens with zero attached hydrogens (tertiary/aromatic N) is 1. The second kappa shape index (κ2) is 6.58. The lowest BCUT2D eigenvalue weighted by Crippen LogP contribution is -2.45. The largest absolute Gasteiger partial charge is 0.497 e. The Hall–Kier alpha value is -1.30. The fourth-order valence-electron chi connectivity index (χ4n) is 1.94. The molecule has 0 atom stereocenters. The van der Waals surface area contributed by atoms with Gasteiger partial charge < -0.3 is 14.2 Å². The Morgan fingerprint density at radius 3 is 2.67 bits per heavy atom. The van der Waals surface area contributed by atoms with Gasteiger partial charge in [-0.05, 0) is 18.2 Å². The maximum Gasteiger partial charge on any atom is 0.123 e. The number of hydrogen-bond donors (Lipinski definition) is 1. The fourth-order valence-corrected chi connectivity index (χ4v) is 1.94. The second-order valence-electron chi connectivity index (χ2n) is 4.11. The zero-order valence-corrected chi connectivity index (χ0v) is 10.9. The molecule has 0 amide bonds. The Morgan fingerprint density at radius 2 is 2.00 bits per heavy atom. The first kappa shape index (κ1) is 13.1. The molecule has 2 rings (SSSR count). The summed E-state index contributed by atoms with van der Waals surface area (Å²) in [6.07, 6.45) is 0. The standard InChI is InChI=1S/C13H20N2O3/c1-16-12-3-4-13(17-2)11(9-12)10-14-15-5-7-18-8-6-15/h3-4,9,14H,5-8,10H2,1-2H3. The molecule has 0 radical (unpaired) electrons. The van der Waals surface area contributed by atoms with Gasteiger partial charge in [0.2, 0.25) is 0 Å². The number of hydrazine groups is 1. The summed E-state index contributed by atoms with van der Waals surface area (Å²) in [6.45, 7) is 4.10. The van der Waals surface area contributed by atoms with Gasteiger partial charge in [0.05, 0.1) is 27.4 Å². The first-order valence-electron chi connectivity index (χ1n) is 6.10. The average Bonchev–Trinajstić information content (AvgIpc) is 2.45. The molecule has 5 nitrogen and oxygen atoms in total. The molecule has 1 heterocycles. The van der Waals surface area contributed by atoms with Crippen molar-refractivity contribution in [1.29, 1.82) is 0 Å². The van der Waals surface area contributed by atoms with Gasteiger partial charge in [-0.2, -0.15) is 0 Å². The summed E-state index contributed by atoms with van der Waals surface area (Å²) in [4.78, 5) is 0. The van der Waals surface area contributed by atoms with E-state index in [1.165, 1.54) is 0 Å².